The van der Waals surface area contributed by atoms with Crippen LogP contribution in [0.2, 0.25) is 5.02 Å². The Kier molecular flexibility index (Phi) is 6.86. The molecule has 0 fully saturated rings. The number of hydrogen-bond donors (Lipinski definition) is 1. The Morgan fingerprint density at radius 1 is 1.22 bits per heavy atom. The summed E-state index contributed by atoms with van der Waals surface area (Å²) < 4.78 is 5.29. The topological polar surface area (TPSA) is 58.6 Å². The molecule has 2 aromatic rings. The first kappa shape index (κ1) is 20.8. The summed E-state index contributed by atoms with van der Waals surface area (Å²) in [5.41, 5.74) is 3.10. The average molecular weight is 389 g/mol. The minimum Gasteiger partial charge on any atom is -0.495 e. The summed E-state index contributed by atoms with van der Waals surface area (Å²) in [5, 5.41) is 3.37. The van der Waals surface area contributed by atoms with Gasteiger partial charge in [-0.25, -0.2) is 0 Å². The van der Waals surface area contributed by atoms with Crippen LogP contribution in [0.3, 0.4) is 0 Å². The van der Waals surface area contributed by atoms with Gasteiger partial charge in [0.1, 0.15) is 12.3 Å². The molecular formula is C21H25ClN2O3. The number of para-hydroxylation sites is 1. The van der Waals surface area contributed by atoms with Gasteiger partial charge >= 0.3 is 0 Å². The Labute approximate surface area is 165 Å². The van der Waals surface area contributed by atoms with E-state index in [0.717, 1.165) is 16.8 Å². The third-order valence-corrected chi connectivity index (χ3v) is 4.69. The van der Waals surface area contributed by atoms with Crippen molar-refractivity contribution in [3.05, 3.63) is 52.5 Å². The minimum absolute atomic E-state index is 0.0934. The second-order valence-corrected chi connectivity index (χ2v) is 7.08. The zero-order valence-electron chi connectivity index (χ0n) is 16.3. The number of rotatable bonds is 6. The molecule has 6 heteroatoms. The van der Waals surface area contributed by atoms with Crippen LogP contribution >= 0.6 is 11.6 Å². The van der Waals surface area contributed by atoms with E-state index in [-0.39, 0.29) is 24.3 Å². The molecule has 2 rings (SSSR count). The molecule has 5 nitrogen and oxygen atoms in total. The lowest BCUT2D eigenvalue weighted by molar-refractivity contribution is -0.120. The molecule has 2 aromatic carbocycles. The number of amides is 2. The standard InChI is InChI=1S/C21H25ClN2O3/c1-13(2)16-8-6-7-9-19(16)24(15(4)25)12-21(26)23-18-10-14(3)17(22)11-20(18)27-5/h6-11,13H,12H2,1-5H3,(H,23,26). The molecule has 1 N–H and O–H groups in total. The van der Waals surface area contributed by atoms with Gasteiger partial charge in [0.25, 0.3) is 0 Å². The van der Waals surface area contributed by atoms with Gasteiger partial charge in [0.15, 0.2) is 0 Å². The first-order valence-electron chi connectivity index (χ1n) is 8.75. The van der Waals surface area contributed by atoms with E-state index in [2.05, 4.69) is 19.2 Å². The summed E-state index contributed by atoms with van der Waals surface area (Å²) in [5.74, 6) is 0.183. The summed E-state index contributed by atoms with van der Waals surface area (Å²) in [4.78, 5) is 26.4. The van der Waals surface area contributed by atoms with Crippen molar-refractivity contribution in [2.45, 2.75) is 33.6 Å². The van der Waals surface area contributed by atoms with Crippen LogP contribution in [-0.4, -0.2) is 25.5 Å². The van der Waals surface area contributed by atoms with Crippen LogP contribution in [0, 0.1) is 6.92 Å². The van der Waals surface area contributed by atoms with Gasteiger partial charge in [-0.1, -0.05) is 43.6 Å². The number of anilines is 2. The highest BCUT2D eigenvalue weighted by Crippen LogP contribution is 2.31. The monoisotopic (exact) mass is 388 g/mol. The molecule has 0 radical (unpaired) electrons. The van der Waals surface area contributed by atoms with Crippen LogP contribution in [0.5, 0.6) is 5.75 Å². The normalized spacial score (nSPS) is 10.6. The lowest BCUT2D eigenvalue weighted by Gasteiger charge is -2.25. The summed E-state index contributed by atoms with van der Waals surface area (Å²) in [7, 11) is 1.51. The van der Waals surface area contributed by atoms with Crippen LogP contribution in [0.15, 0.2) is 36.4 Å². The van der Waals surface area contributed by atoms with Crippen molar-refractivity contribution in [3.8, 4) is 5.75 Å². The molecule has 0 bridgehead atoms. The second-order valence-electron chi connectivity index (χ2n) is 6.67. The smallest absolute Gasteiger partial charge is 0.244 e. The van der Waals surface area contributed by atoms with Crippen molar-refractivity contribution in [3.63, 3.8) is 0 Å². The van der Waals surface area contributed by atoms with Gasteiger partial charge < -0.3 is 15.0 Å². The van der Waals surface area contributed by atoms with E-state index in [1.54, 1.807) is 12.1 Å². The summed E-state index contributed by atoms with van der Waals surface area (Å²) in [6.45, 7) is 7.32. The number of methoxy groups -OCH3 is 1. The van der Waals surface area contributed by atoms with Gasteiger partial charge in [-0.15, -0.1) is 0 Å². The van der Waals surface area contributed by atoms with Gasteiger partial charge in [0.05, 0.1) is 12.8 Å². The van der Waals surface area contributed by atoms with Crippen molar-refractivity contribution in [1.82, 2.24) is 0 Å². The fourth-order valence-corrected chi connectivity index (χ4v) is 3.00. The van der Waals surface area contributed by atoms with Crippen LogP contribution in [0.1, 0.15) is 37.8 Å². The Bertz CT molecular complexity index is 849. The summed E-state index contributed by atoms with van der Waals surface area (Å²) >= 11 is 6.11. The number of carbonyl (C=O) groups is 2. The molecule has 2 amide bonds. The van der Waals surface area contributed by atoms with Gasteiger partial charge in [-0.05, 0) is 36.1 Å². The Hall–Kier alpha value is -2.53. The predicted octanol–water partition coefficient (Wildman–Crippen LogP) is 4.77. The number of nitrogens with one attached hydrogen (secondary N) is 1. The quantitative estimate of drug-likeness (QED) is 0.775. The van der Waals surface area contributed by atoms with E-state index in [0.29, 0.717) is 16.5 Å². The van der Waals surface area contributed by atoms with E-state index in [9.17, 15) is 9.59 Å². The lowest BCUT2D eigenvalue weighted by atomic mass is 10.0. The second kappa shape index (κ2) is 8.91. The van der Waals surface area contributed by atoms with Crippen LogP contribution < -0.4 is 15.0 Å². The SMILES string of the molecule is COc1cc(Cl)c(C)cc1NC(=O)CN(C(C)=O)c1ccccc1C(C)C. The maximum atomic E-state index is 12.7. The third kappa shape index (κ3) is 5.01. The van der Waals surface area contributed by atoms with Crippen molar-refractivity contribution >= 4 is 34.8 Å². The van der Waals surface area contributed by atoms with Crippen molar-refractivity contribution in [2.75, 3.05) is 23.9 Å². The number of benzene rings is 2. The summed E-state index contributed by atoms with van der Waals surface area (Å²) in [6.07, 6.45) is 0. The zero-order valence-corrected chi connectivity index (χ0v) is 17.1. The molecule has 0 aliphatic carbocycles. The Morgan fingerprint density at radius 3 is 2.48 bits per heavy atom. The maximum Gasteiger partial charge on any atom is 0.244 e. The maximum absolute atomic E-state index is 12.7. The molecule has 0 saturated heterocycles. The predicted molar refractivity (Wildman–Crippen MR) is 110 cm³/mol. The fraction of sp³-hybridized carbons (Fsp3) is 0.333. The molecule has 0 spiro atoms. The van der Waals surface area contributed by atoms with Crippen LogP contribution in [0.25, 0.3) is 0 Å². The molecule has 0 aliphatic rings. The summed E-state index contributed by atoms with van der Waals surface area (Å²) in [6, 6.07) is 11.0. The van der Waals surface area contributed by atoms with Gasteiger partial charge in [0.2, 0.25) is 11.8 Å². The molecule has 0 unspecified atom stereocenters. The number of ether oxygens (including phenoxy) is 1. The molecule has 0 aliphatic heterocycles. The Morgan fingerprint density at radius 2 is 1.89 bits per heavy atom. The molecular weight excluding hydrogens is 364 g/mol. The highest BCUT2D eigenvalue weighted by molar-refractivity contribution is 6.31. The van der Waals surface area contributed by atoms with Crippen LogP contribution in [0.4, 0.5) is 11.4 Å². The first-order valence-corrected chi connectivity index (χ1v) is 9.13. The molecule has 144 valence electrons. The number of carbonyl (C=O) groups excluding carboxylic acids is 2. The lowest BCUT2D eigenvalue weighted by Crippen LogP contribution is -2.37. The zero-order chi connectivity index (χ0) is 20.1. The van der Waals surface area contributed by atoms with Crippen molar-refractivity contribution in [1.29, 1.82) is 0 Å². The van der Waals surface area contributed by atoms with Crippen molar-refractivity contribution in [2.24, 2.45) is 0 Å². The third-order valence-electron chi connectivity index (χ3n) is 4.29. The first-order chi connectivity index (χ1) is 12.7. The van der Waals surface area contributed by atoms with Gasteiger partial charge in [-0.2, -0.15) is 0 Å². The van der Waals surface area contributed by atoms with Gasteiger partial charge in [0, 0.05) is 23.7 Å². The average Bonchev–Trinajstić information content (AvgIpc) is 2.62. The largest absolute Gasteiger partial charge is 0.495 e. The Balaban J connectivity index is 2.27. The minimum atomic E-state index is -0.316. The van der Waals surface area contributed by atoms with E-state index < -0.39 is 0 Å². The molecule has 0 aromatic heterocycles. The number of halogens is 1. The number of hydrogen-bond acceptors (Lipinski definition) is 3. The van der Waals surface area contributed by atoms with E-state index >= 15 is 0 Å². The fourth-order valence-electron chi connectivity index (χ4n) is 2.85. The number of nitrogens with zero attached hydrogens (tertiary/aromatic N) is 1. The molecule has 0 atom stereocenters. The molecule has 27 heavy (non-hydrogen) atoms. The highest BCUT2D eigenvalue weighted by atomic mass is 35.5. The van der Waals surface area contributed by atoms with Crippen molar-refractivity contribution < 1.29 is 14.3 Å². The molecule has 0 saturated carbocycles. The van der Waals surface area contributed by atoms with Crippen LogP contribution in [-0.2, 0) is 9.59 Å². The van der Waals surface area contributed by atoms with E-state index in [4.69, 9.17) is 16.3 Å². The van der Waals surface area contributed by atoms with E-state index in [1.165, 1.54) is 18.9 Å². The van der Waals surface area contributed by atoms with Gasteiger partial charge in [-0.3, -0.25) is 9.59 Å². The number of aryl methyl sites for hydroxylation is 1. The highest BCUT2D eigenvalue weighted by Gasteiger charge is 2.20. The molecule has 0 heterocycles. The van der Waals surface area contributed by atoms with E-state index in [1.807, 2.05) is 31.2 Å².